The van der Waals surface area contributed by atoms with Crippen LogP contribution in [-0.4, -0.2) is 35.5 Å². The van der Waals surface area contributed by atoms with Gasteiger partial charge in [-0.05, 0) is 30.7 Å². The Kier molecular flexibility index (Phi) is 5.16. The molecule has 0 amide bonds. The van der Waals surface area contributed by atoms with Crippen LogP contribution in [0, 0.1) is 0 Å². The van der Waals surface area contributed by atoms with Crippen LogP contribution in [0.4, 0.5) is 0 Å². The summed E-state index contributed by atoms with van der Waals surface area (Å²) in [6.45, 7) is 2.74. The topological polar surface area (TPSA) is 65.4 Å². The summed E-state index contributed by atoms with van der Waals surface area (Å²) in [6, 6.07) is 9.51. The summed E-state index contributed by atoms with van der Waals surface area (Å²) in [5.41, 5.74) is 0.192. The summed E-state index contributed by atoms with van der Waals surface area (Å²) in [7, 11) is 3.02. The quantitative estimate of drug-likeness (QED) is 0.787. The molecule has 0 saturated heterocycles. The Labute approximate surface area is 130 Å². The summed E-state index contributed by atoms with van der Waals surface area (Å²) in [5, 5.41) is 7.41. The van der Waals surface area contributed by atoms with Gasteiger partial charge in [-0.15, -0.1) is 0 Å². The van der Waals surface area contributed by atoms with Crippen molar-refractivity contribution in [3.05, 3.63) is 48.3 Å². The van der Waals surface area contributed by atoms with E-state index in [4.69, 9.17) is 9.47 Å². The van der Waals surface area contributed by atoms with E-state index in [2.05, 4.69) is 10.4 Å². The van der Waals surface area contributed by atoms with Crippen LogP contribution in [0.15, 0.2) is 42.7 Å². The highest BCUT2D eigenvalue weighted by atomic mass is 16.5. The molecule has 118 valence electrons. The molecule has 1 heterocycles. The molecule has 2 aromatic rings. The maximum Gasteiger partial charge on any atom is 0.327 e. The highest BCUT2D eigenvalue weighted by Crippen LogP contribution is 2.14. The average Bonchev–Trinajstić information content (AvgIpc) is 3.05. The molecule has 0 saturated carbocycles. The Balaban J connectivity index is 2.07. The van der Waals surface area contributed by atoms with E-state index in [1.165, 1.54) is 7.11 Å². The maximum absolute atomic E-state index is 12.1. The fraction of sp³-hybridized carbons (Fsp3) is 0.375. The molecule has 2 rings (SSSR count). The molecule has 0 aliphatic carbocycles. The molecule has 1 aromatic carbocycles. The molecule has 1 aromatic heterocycles. The average molecular weight is 303 g/mol. The van der Waals surface area contributed by atoms with Gasteiger partial charge in [-0.2, -0.15) is 5.10 Å². The van der Waals surface area contributed by atoms with E-state index in [-0.39, 0.29) is 5.97 Å². The molecule has 0 aliphatic rings. The Morgan fingerprint density at radius 2 is 2.05 bits per heavy atom. The summed E-state index contributed by atoms with van der Waals surface area (Å²) < 4.78 is 11.8. The van der Waals surface area contributed by atoms with Crippen molar-refractivity contribution in [2.45, 2.75) is 25.6 Å². The number of nitrogens with one attached hydrogen (secondary N) is 1. The van der Waals surface area contributed by atoms with Gasteiger partial charge in [-0.1, -0.05) is 12.1 Å². The number of carbonyl (C=O) groups is 1. The number of hydrogen-bond donors (Lipinski definition) is 1. The minimum atomic E-state index is -0.860. The fourth-order valence-corrected chi connectivity index (χ4v) is 2.18. The Hall–Kier alpha value is -2.34. The molecule has 6 nitrogen and oxygen atoms in total. The fourth-order valence-electron chi connectivity index (χ4n) is 2.18. The SMILES string of the molecule is COC(=O)[C@@](C)(Cn1cccn1)NCc1ccc(OC)cc1. The monoisotopic (exact) mass is 303 g/mol. The van der Waals surface area contributed by atoms with Gasteiger partial charge in [-0.3, -0.25) is 10.00 Å². The first-order chi connectivity index (χ1) is 10.6. The Morgan fingerprint density at radius 3 is 2.59 bits per heavy atom. The number of methoxy groups -OCH3 is 2. The number of esters is 1. The van der Waals surface area contributed by atoms with Crippen LogP contribution in [0.1, 0.15) is 12.5 Å². The number of benzene rings is 1. The number of carbonyl (C=O) groups excluding carboxylic acids is 1. The van der Waals surface area contributed by atoms with Crippen molar-refractivity contribution in [3.63, 3.8) is 0 Å². The van der Waals surface area contributed by atoms with Crippen LogP contribution in [-0.2, 0) is 22.6 Å². The third-order valence-corrected chi connectivity index (χ3v) is 3.52. The predicted molar refractivity (Wildman–Crippen MR) is 82.5 cm³/mol. The van der Waals surface area contributed by atoms with Crippen LogP contribution in [0.2, 0.25) is 0 Å². The van der Waals surface area contributed by atoms with E-state index in [1.54, 1.807) is 18.0 Å². The number of aromatic nitrogens is 2. The van der Waals surface area contributed by atoms with Crippen molar-refractivity contribution in [2.24, 2.45) is 0 Å². The van der Waals surface area contributed by atoms with Gasteiger partial charge in [0.2, 0.25) is 0 Å². The number of nitrogens with zero attached hydrogens (tertiary/aromatic N) is 2. The zero-order valence-electron chi connectivity index (χ0n) is 13.1. The Bertz CT molecular complexity index is 596. The van der Waals surface area contributed by atoms with Crippen LogP contribution < -0.4 is 10.1 Å². The van der Waals surface area contributed by atoms with E-state index >= 15 is 0 Å². The van der Waals surface area contributed by atoms with E-state index in [0.717, 1.165) is 11.3 Å². The van der Waals surface area contributed by atoms with Crippen molar-refractivity contribution in [1.29, 1.82) is 0 Å². The molecular weight excluding hydrogens is 282 g/mol. The summed E-state index contributed by atoms with van der Waals surface area (Å²) in [5.74, 6) is 0.479. The van der Waals surface area contributed by atoms with Crippen molar-refractivity contribution < 1.29 is 14.3 Å². The lowest BCUT2D eigenvalue weighted by molar-refractivity contribution is -0.148. The zero-order chi connectivity index (χ0) is 16.0. The molecule has 1 atom stereocenters. The summed E-state index contributed by atoms with van der Waals surface area (Å²) in [6.07, 6.45) is 3.50. The molecule has 1 N–H and O–H groups in total. The largest absolute Gasteiger partial charge is 0.497 e. The normalized spacial score (nSPS) is 13.4. The van der Waals surface area contributed by atoms with Gasteiger partial charge < -0.3 is 9.47 Å². The summed E-state index contributed by atoms with van der Waals surface area (Å²) >= 11 is 0. The van der Waals surface area contributed by atoms with E-state index in [9.17, 15) is 4.79 Å². The molecule has 22 heavy (non-hydrogen) atoms. The zero-order valence-corrected chi connectivity index (χ0v) is 13.1. The lowest BCUT2D eigenvalue weighted by Gasteiger charge is -2.28. The third kappa shape index (κ3) is 3.85. The smallest absolute Gasteiger partial charge is 0.327 e. The molecule has 0 bridgehead atoms. The van der Waals surface area contributed by atoms with Crippen molar-refractivity contribution in [3.8, 4) is 5.75 Å². The van der Waals surface area contributed by atoms with Crippen LogP contribution in [0.3, 0.4) is 0 Å². The highest BCUT2D eigenvalue weighted by Gasteiger charge is 2.34. The van der Waals surface area contributed by atoms with E-state index < -0.39 is 5.54 Å². The first-order valence-corrected chi connectivity index (χ1v) is 7.01. The lowest BCUT2D eigenvalue weighted by Crippen LogP contribution is -2.53. The molecule has 6 heteroatoms. The molecule has 0 unspecified atom stereocenters. The van der Waals surface area contributed by atoms with Crippen molar-refractivity contribution in [1.82, 2.24) is 15.1 Å². The first-order valence-electron chi connectivity index (χ1n) is 7.01. The maximum atomic E-state index is 12.1. The standard InChI is InChI=1S/C16H21N3O3/c1-16(15(20)22-3,12-19-10-4-9-18-19)17-11-13-5-7-14(21-2)8-6-13/h4-10,17H,11-12H2,1-3H3/t16-/m1/s1. The van der Waals surface area contributed by atoms with E-state index in [0.29, 0.717) is 13.1 Å². The van der Waals surface area contributed by atoms with Gasteiger partial charge >= 0.3 is 5.97 Å². The number of ether oxygens (including phenoxy) is 2. The van der Waals surface area contributed by atoms with Gasteiger partial charge in [0.1, 0.15) is 11.3 Å². The first kappa shape index (κ1) is 16.0. The van der Waals surface area contributed by atoms with E-state index in [1.807, 2.05) is 43.5 Å². The second-order valence-electron chi connectivity index (χ2n) is 5.23. The minimum Gasteiger partial charge on any atom is -0.497 e. The van der Waals surface area contributed by atoms with Gasteiger partial charge in [-0.25, -0.2) is 4.79 Å². The van der Waals surface area contributed by atoms with Crippen molar-refractivity contribution in [2.75, 3.05) is 14.2 Å². The highest BCUT2D eigenvalue weighted by molar-refractivity contribution is 5.80. The van der Waals surface area contributed by atoms with Crippen molar-refractivity contribution >= 4 is 5.97 Å². The minimum absolute atomic E-state index is 0.323. The lowest BCUT2D eigenvalue weighted by atomic mass is 10.0. The third-order valence-electron chi connectivity index (χ3n) is 3.52. The van der Waals surface area contributed by atoms with Crippen LogP contribution in [0.25, 0.3) is 0 Å². The molecule has 0 spiro atoms. The number of rotatable bonds is 7. The molecule has 0 fully saturated rings. The number of hydrogen-bond acceptors (Lipinski definition) is 5. The van der Waals surface area contributed by atoms with Gasteiger partial charge in [0, 0.05) is 18.9 Å². The predicted octanol–water partition coefficient (Wildman–Crippen LogP) is 1.61. The van der Waals surface area contributed by atoms with Crippen LogP contribution in [0.5, 0.6) is 5.75 Å². The van der Waals surface area contributed by atoms with Gasteiger partial charge in [0.05, 0.1) is 20.8 Å². The Morgan fingerprint density at radius 1 is 1.32 bits per heavy atom. The molecule has 0 aliphatic heterocycles. The second-order valence-corrected chi connectivity index (χ2v) is 5.23. The summed E-state index contributed by atoms with van der Waals surface area (Å²) in [4.78, 5) is 12.1. The molecule has 0 radical (unpaired) electrons. The van der Waals surface area contributed by atoms with Gasteiger partial charge in [0.15, 0.2) is 0 Å². The second kappa shape index (κ2) is 7.09. The molecular formula is C16H21N3O3. The van der Waals surface area contributed by atoms with Crippen LogP contribution >= 0.6 is 0 Å². The van der Waals surface area contributed by atoms with Gasteiger partial charge in [0.25, 0.3) is 0 Å².